The van der Waals surface area contributed by atoms with E-state index in [-0.39, 0.29) is 6.10 Å². The molecule has 2 N–H and O–H groups in total. The van der Waals surface area contributed by atoms with Crippen molar-refractivity contribution in [2.75, 3.05) is 18.9 Å². The molecule has 1 heterocycles. The van der Waals surface area contributed by atoms with E-state index in [0.717, 1.165) is 19.4 Å². The zero-order chi connectivity index (χ0) is 12.1. The van der Waals surface area contributed by atoms with Gasteiger partial charge in [-0.2, -0.15) is 5.26 Å². The third kappa shape index (κ3) is 3.11. The fraction of sp³-hybridized carbons (Fsp3) is 0.462. The van der Waals surface area contributed by atoms with Crippen LogP contribution >= 0.6 is 0 Å². The normalized spacial score (nSPS) is 19.6. The summed E-state index contributed by atoms with van der Waals surface area (Å²) in [6, 6.07) is 7.10. The van der Waals surface area contributed by atoms with Crippen LogP contribution in [0.1, 0.15) is 24.8 Å². The van der Waals surface area contributed by atoms with Crippen molar-refractivity contribution in [3.05, 3.63) is 23.8 Å². The van der Waals surface area contributed by atoms with Gasteiger partial charge in [0.1, 0.15) is 12.4 Å². The molecule has 0 saturated carbocycles. The van der Waals surface area contributed by atoms with Gasteiger partial charge in [-0.1, -0.05) is 0 Å². The van der Waals surface area contributed by atoms with Gasteiger partial charge in [0.25, 0.3) is 0 Å². The van der Waals surface area contributed by atoms with E-state index in [1.54, 1.807) is 18.2 Å². The fourth-order valence-corrected chi connectivity index (χ4v) is 1.85. The Bertz CT molecular complexity index is 420. The molecule has 4 heteroatoms. The number of hydrogen-bond acceptors (Lipinski definition) is 4. The molecular formula is C13H16N2O2. The molecule has 1 aromatic rings. The summed E-state index contributed by atoms with van der Waals surface area (Å²) in [7, 11) is 0. The highest BCUT2D eigenvalue weighted by molar-refractivity contribution is 5.56. The minimum atomic E-state index is 0.147. The Labute approximate surface area is 101 Å². The number of nitrogen functional groups attached to an aromatic ring is 1. The first kappa shape index (κ1) is 11.7. The second kappa shape index (κ2) is 5.55. The third-order valence-electron chi connectivity index (χ3n) is 2.84. The summed E-state index contributed by atoms with van der Waals surface area (Å²) in [4.78, 5) is 0. The van der Waals surface area contributed by atoms with Crippen molar-refractivity contribution >= 4 is 5.69 Å². The van der Waals surface area contributed by atoms with Gasteiger partial charge in [0.2, 0.25) is 0 Å². The van der Waals surface area contributed by atoms with Gasteiger partial charge in [0.15, 0.2) is 0 Å². The minimum absolute atomic E-state index is 0.147. The number of anilines is 1. The number of benzene rings is 1. The molecular weight excluding hydrogens is 216 g/mol. The Balaban J connectivity index is 1.95. The molecule has 0 radical (unpaired) electrons. The van der Waals surface area contributed by atoms with Crippen molar-refractivity contribution in [3.8, 4) is 11.8 Å². The Hall–Kier alpha value is -1.73. The highest BCUT2D eigenvalue weighted by atomic mass is 16.5. The topological polar surface area (TPSA) is 68.3 Å². The molecule has 1 aliphatic rings. The van der Waals surface area contributed by atoms with E-state index in [9.17, 15) is 0 Å². The molecule has 1 atom stereocenters. The van der Waals surface area contributed by atoms with Crippen LogP contribution in [-0.4, -0.2) is 19.3 Å². The molecule has 0 aliphatic carbocycles. The van der Waals surface area contributed by atoms with E-state index in [1.807, 2.05) is 0 Å². The summed E-state index contributed by atoms with van der Waals surface area (Å²) < 4.78 is 11.2. The van der Waals surface area contributed by atoms with E-state index in [0.29, 0.717) is 23.6 Å². The van der Waals surface area contributed by atoms with Crippen LogP contribution in [-0.2, 0) is 4.74 Å². The summed E-state index contributed by atoms with van der Waals surface area (Å²) in [5.74, 6) is 0.568. The second-order valence-corrected chi connectivity index (χ2v) is 4.16. The standard InChI is InChI=1S/C13H16N2O2/c14-8-10-4-5-12(15)13(7-10)17-9-11-3-1-2-6-16-11/h4-5,7,11H,1-3,6,9,15H2. The van der Waals surface area contributed by atoms with Crippen LogP contribution in [0, 0.1) is 11.3 Å². The summed E-state index contributed by atoms with van der Waals surface area (Å²) in [6.07, 6.45) is 3.48. The molecule has 0 bridgehead atoms. The number of nitriles is 1. The van der Waals surface area contributed by atoms with Crippen LogP contribution in [0.4, 0.5) is 5.69 Å². The lowest BCUT2D eigenvalue weighted by molar-refractivity contribution is -0.0109. The van der Waals surface area contributed by atoms with Crippen molar-refractivity contribution in [1.29, 1.82) is 5.26 Å². The van der Waals surface area contributed by atoms with Crippen LogP contribution in [0.15, 0.2) is 18.2 Å². The second-order valence-electron chi connectivity index (χ2n) is 4.16. The Morgan fingerprint density at radius 1 is 1.47 bits per heavy atom. The van der Waals surface area contributed by atoms with Gasteiger partial charge in [0, 0.05) is 12.7 Å². The maximum absolute atomic E-state index is 8.80. The van der Waals surface area contributed by atoms with E-state index in [1.165, 1.54) is 6.42 Å². The maximum Gasteiger partial charge on any atom is 0.143 e. The third-order valence-corrected chi connectivity index (χ3v) is 2.84. The molecule has 90 valence electrons. The summed E-state index contributed by atoms with van der Waals surface area (Å²) in [5, 5.41) is 8.80. The first-order chi connectivity index (χ1) is 8.29. The van der Waals surface area contributed by atoms with Gasteiger partial charge in [-0.15, -0.1) is 0 Å². The molecule has 0 aromatic heterocycles. The lowest BCUT2D eigenvalue weighted by Crippen LogP contribution is -2.26. The zero-order valence-electron chi connectivity index (χ0n) is 9.69. The smallest absolute Gasteiger partial charge is 0.143 e. The molecule has 0 spiro atoms. The van der Waals surface area contributed by atoms with Gasteiger partial charge in [0.05, 0.1) is 23.4 Å². The van der Waals surface area contributed by atoms with Gasteiger partial charge in [-0.25, -0.2) is 0 Å². The van der Waals surface area contributed by atoms with Gasteiger partial charge in [-0.3, -0.25) is 0 Å². The van der Waals surface area contributed by atoms with Crippen molar-refractivity contribution in [1.82, 2.24) is 0 Å². The lowest BCUT2D eigenvalue weighted by Gasteiger charge is -2.22. The summed E-state index contributed by atoms with van der Waals surface area (Å²) in [5.41, 5.74) is 6.89. The molecule has 1 saturated heterocycles. The molecule has 1 aromatic carbocycles. The largest absolute Gasteiger partial charge is 0.489 e. The molecule has 1 aliphatic heterocycles. The maximum atomic E-state index is 8.80. The van der Waals surface area contributed by atoms with E-state index in [2.05, 4.69) is 6.07 Å². The Morgan fingerprint density at radius 2 is 2.35 bits per heavy atom. The highest BCUT2D eigenvalue weighted by Gasteiger charge is 2.15. The lowest BCUT2D eigenvalue weighted by atomic mass is 10.1. The van der Waals surface area contributed by atoms with E-state index < -0.39 is 0 Å². The van der Waals surface area contributed by atoms with Crippen LogP contribution in [0.2, 0.25) is 0 Å². The van der Waals surface area contributed by atoms with Crippen LogP contribution in [0.5, 0.6) is 5.75 Å². The minimum Gasteiger partial charge on any atom is -0.489 e. The number of ether oxygens (including phenoxy) is 2. The average molecular weight is 232 g/mol. The molecule has 17 heavy (non-hydrogen) atoms. The van der Waals surface area contributed by atoms with Crippen LogP contribution in [0.25, 0.3) is 0 Å². The van der Waals surface area contributed by atoms with Crippen molar-refractivity contribution < 1.29 is 9.47 Å². The number of nitrogens with zero attached hydrogens (tertiary/aromatic N) is 1. The highest BCUT2D eigenvalue weighted by Crippen LogP contribution is 2.23. The first-order valence-electron chi connectivity index (χ1n) is 5.83. The molecule has 4 nitrogen and oxygen atoms in total. The molecule has 2 rings (SSSR count). The summed E-state index contributed by atoms with van der Waals surface area (Å²) >= 11 is 0. The summed E-state index contributed by atoms with van der Waals surface area (Å²) in [6.45, 7) is 1.31. The Morgan fingerprint density at radius 3 is 3.06 bits per heavy atom. The molecule has 1 unspecified atom stereocenters. The first-order valence-corrected chi connectivity index (χ1v) is 5.83. The zero-order valence-corrected chi connectivity index (χ0v) is 9.69. The van der Waals surface area contributed by atoms with Crippen LogP contribution < -0.4 is 10.5 Å². The predicted octanol–water partition coefficient (Wildman–Crippen LogP) is 2.09. The van der Waals surface area contributed by atoms with Crippen molar-refractivity contribution in [2.24, 2.45) is 0 Å². The molecule has 0 amide bonds. The van der Waals surface area contributed by atoms with Crippen LogP contribution in [0.3, 0.4) is 0 Å². The predicted molar refractivity (Wildman–Crippen MR) is 64.7 cm³/mol. The monoisotopic (exact) mass is 232 g/mol. The molecule has 1 fully saturated rings. The number of rotatable bonds is 3. The number of hydrogen-bond donors (Lipinski definition) is 1. The van der Waals surface area contributed by atoms with E-state index in [4.69, 9.17) is 20.5 Å². The quantitative estimate of drug-likeness (QED) is 0.810. The SMILES string of the molecule is N#Cc1ccc(N)c(OCC2CCCCO2)c1. The Kier molecular flexibility index (Phi) is 3.84. The fourth-order valence-electron chi connectivity index (χ4n) is 1.85. The van der Waals surface area contributed by atoms with Crippen molar-refractivity contribution in [2.45, 2.75) is 25.4 Å². The van der Waals surface area contributed by atoms with Crippen molar-refractivity contribution in [3.63, 3.8) is 0 Å². The van der Waals surface area contributed by atoms with E-state index >= 15 is 0 Å². The van der Waals surface area contributed by atoms with Gasteiger partial charge >= 0.3 is 0 Å². The average Bonchev–Trinajstić information content (AvgIpc) is 2.39. The van der Waals surface area contributed by atoms with Gasteiger partial charge < -0.3 is 15.2 Å². The van der Waals surface area contributed by atoms with Gasteiger partial charge in [-0.05, 0) is 31.4 Å². The number of nitrogens with two attached hydrogens (primary N) is 1.